The van der Waals surface area contributed by atoms with E-state index in [1.165, 1.54) is 0 Å². The van der Waals surface area contributed by atoms with Gasteiger partial charge in [0, 0.05) is 0 Å². The molecule has 74 valence electrons. The van der Waals surface area contributed by atoms with Crippen molar-refractivity contribution in [2.75, 3.05) is 0 Å². The van der Waals surface area contributed by atoms with Gasteiger partial charge in [0.1, 0.15) is 17.4 Å². The molecule has 0 fully saturated rings. The van der Waals surface area contributed by atoms with E-state index in [-0.39, 0.29) is 5.60 Å². The van der Waals surface area contributed by atoms with Gasteiger partial charge < -0.3 is 4.74 Å². The number of rotatable bonds is 1. The molecule has 14 heavy (non-hydrogen) atoms. The normalized spacial score (nSPS) is 11.9. The zero-order valence-corrected chi connectivity index (χ0v) is 8.56. The van der Waals surface area contributed by atoms with Crippen molar-refractivity contribution >= 4 is 5.52 Å². The van der Waals surface area contributed by atoms with E-state index in [4.69, 9.17) is 4.74 Å². The lowest BCUT2D eigenvalue weighted by atomic mass is 10.2. The predicted octanol–water partition coefficient (Wildman–Crippen LogP) is 1.91. The predicted molar refractivity (Wildman–Crippen MR) is 53.4 cm³/mol. The molecular formula is C10H13N3O. The molecule has 0 spiro atoms. The largest absolute Gasteiger partial charge is 0.484 e. The highest BCUT2D eigenvalue weighted by atomic mass is 16.5. The van der Waals surface area contributed by atoms with E-state index < -0.39 is 0 Å². The van der Waals surface area contributed by atoms with Crippen LogP contribution >= 0.6 is 0 Å². The summed E-state index contributed by atoms with van der Waals surface area (Å²) in [4.78, 5) is 4.04. The summed E-state index contributed by atoms with van der Waals surface area (Å²) in [5, 5.41) is 4.08. The van der Waals surface area contributed by atoms with Gasteiger partial charge >= 0.3 is 0 Å². The molecule has 0 amide bonds. The maximum atomic E-state index is 5.75. The van der Waals surface area contributed by atoms with E-state index in [1.807, 2.05) is 26.8 Å². The van der Waals surface area contributed by atoms with Gasteiger partial charge in [-0.2, -0.15) is 5.10 Å². The van der Waals surface area contributed by atoms with E-state index in [1.54, 1.807) is 23.2 Å². The van der Waals surface area contributed by atoms with Gasteiger partial charge in [0.15, 0.2) is 5.75 Å². The first-order valence-electron chi connectivity index (χ1n) is 4.53. The van der Waals surface area contributed by atoms with E-state index in [0.29, 0.717) is 0 Å². The van der Waals surface area contributed by atoms with Crippen molar-refractivity contribution in [3.05, 3.63) is 24.8 Å². The van der Waals surface area contributed by atoms with Crippen molar-refractivity contribution in [1.82, 2.24) is 14.6 Å². The van der Waals surface area contributed by atoms with Crippen molar-refractivity contribution in [3.63, 3.8) is 0 Å². The SMILES string of the molecule is CC(C)(C)Oc1cncn2nccc12. The second kappa shape index (κ2) is 2.97. The summed E-state index contributed by atoms with van der Waals surface area (Å²) >= 11 is 0. The third-order valence-electron chi connectivity index (χ3n) is 1.71. The minimum Gasteiger partial charge on any atom is -0.484 e. The topological polar surface area (TPSA) is 39.4 Å². The molecule has 0 saturated carbocycles. The van der Waals surface area contributed by atoms with Crippen LogP contribution in [0.15, 0.2) is 24.8 Å². The number of hydrogen-bond acceptors (Lipinski definition) is 3. The fourth-order valence-corrected chi connectivity index (χ4v) is 1.24. The Morgan fingerprint density at radius 1 is 1.36 bits per heavy atom. The van der Waals surface area contributed by atoms with E-state index >= 15 is 0 Å². The molecule has 0 aromatic carbocycles. The summed E-state index contributed by atoms with van der Waals surface area (Å²) in [6.07, 6.45) is 5.10. The van der Waals surface area contributed by atoms with Gasteiger partial charge in [-0.1, -0.05) is 0 Å². The Kier molecular flexibility index (Phi) is 1.91. The summed E-state index contributed by atoms with van der Waals surface area (Å²) in [5.41, 5.74) is 0.725. The fraction of sp³-hybridized carbons (Fsp3) is 0.400. The van der Waals surface area contributed by atoms with Crippen LogP contribution in [0.2, 0.25) is 0 Å². The van der Waals surface area contributed by atoms with E-state index in [2.05, 4.69) is 10.1 Å². The lowest BCUT2D eigenvalue weighted by Crippen LogP contribution is -2.23. The molecule has 4 nitrogen and oxygen atoms in total. The zero-order chi connectivity index (χ0) is 10.2. The molecule has 0 aliphatic heterocycles. The zero-order valence-electron chi connectivity index (χ0n) is 8.56. The quantitative estimate of drug-likeness (QED) is 0.691. The number of ether oxygens (including phenoxy) is 1. The molecule has 0 saturated heterocycles. The molecule has 2 aromatic heterocycles. The molecule has 2 rings (SSSR count). The van der Waals surface area contributed by atoms with E-state index in [9.17, 15) is 0 Å². The summed E-state index contributed by atoms with van der Waals surface area (Å²) in [5.74, 6) is 0.762. The van der Waals surface area contributed by atoms with Crippen molar-refractivity contribution in [3.8, 4) is 5.75 Å². The summed E-state index contributed by atoms with van der Waals surface area (Å²) in [6.45, 7) is 6.02. The minimum absolute atomic E-state index is 0.214. The Balaban J connectivity index is 2.46. The van der Waals surface area contributed by atoms with E-state index in [0.717, 1.165) is 11.3 Å². The molecule has 0 N–H and O–H groups in total. The molecule has 2 aromatic rings. The van der Waals surface area contributed by atoms with Crippen LogP contribution in [0.5, 0.6) is 5.75 Å². The van der Waals surface area contributed by atoms with Gasteiger partial charge in [0.25, 0.3) is 0 Å². The first-order valence-corrected chi connectivity index (χ1v) is 4.53. The maximum Gasteiger partial charge on any atom is 0.164 e. The molecule has 4 heteroatoms. The minimum atomic E-state index is -0.214. The first-order chi connectivity index (χ1) is 6.56. The van der Waals surface area contributed by atoms with Crippen LogP contribution in [0.25, 0.3) is 5.52 Å². The molecule has 0 atom stereocenters. The molecule has 0 aliphatic rings. The van der Waals surface area contributed by atoms with Crippen molar-refractivity contribution in [2.24, 2.45) is 0 Å². The molecule has 2 heterocycles. The highest BCUT2D eigenvalue weighted by Gasteiger charge is 2.14. The first kappa shape index (κ1) is 8.99. The lowest BCUT2D eigenvalue weighted by molar-refractivity contribution is 0.132. The third-order valence-corrected chi connectivity index (χ3v) is 1.71. The summed E-state index contributed by atoms with van der Waals surface area (Å²) in [6, 6.07) is 1.91. The Morgan fingerprint density at radius 2 is 2.14 bits per heavy atom. The average Bonchev–Trinajstić information content (AvgIpc) is 2.49. The average molecular weight is 191 g/mol. The van der Waals surface area contributed by atoms with Crippen LogP contribution in [-0.4, -0.2) is 20.2 Å². The van der Waals surface area contributed by atoms with Gasteiger partial charge in [-0.15, -0.1) is 0 Å². The monoisotopic (exact) mass is 191 g/mol. The van der Waals surface area contributed by atoms with Crippen LogP contribution in [0, 0.1) is 0 Å². The molecule has 0 bridgehead atoms. The van der Waals surface area contributed by atoms with Gasteiger partial charge in [-0.05, 0) is 26.8 Å². The Labute approximate surface area is 82.5 Å². The van der Waals surface area contributed by atoms with Crippen LogP contribution in [0.4, 0.5) is 0 Å². The van der Waals surface area contributed by atoms with Crippen molar-refractivity contribution in [2.45, 2.75) is 26.4 Å². The van der Waals surface area contributed by atoms with Gasteiger partial charge in [0.2, 0.25) is 0 Å². The molecular weight excluding hydrogens is 178 g/mol. The third kappa shape index (κ3) is 1.69. The van der Waals surface area contributed by atoms with Crippen molar-refractivity contribution < 1.29 is 4.74 Å². The van der Waals surface area contributed by atoms with Crippen molar-refractivity contribution in [1.29, 1.82) is 0 Å². The lowest BCUT2D eigenvalue weighted by Gasteiger charge is -2.21. The summed E-state index contributed by atoms with van der Waals surface area (Å²) < 4.78 is 7.45. The Hall–Kier alpha value is -1.58. The van der Waals surface area contributed by atoms with Crippen LogP contribution in [0.3, 0.4) is 0 Å². The van der Waals surface area contributed by atoms with Gasteiger partial charge in [0.05, 0.1) is 12.4 Å². The highest BCUT2D eigenvalue weighted by molar-refractivity contribution is 5.57. The maximum absolute atomic E-state index is 5.75. The standard InChI is InChI=1S/C10H13N3O/c1-10(2,3)14-9-6-11-7-13-8(9)4-5-12-13/h4-7H,1-3H3. The smallest absolute Gasteiger partial charge is 0.164 e. The van der Waals surface area contributed by atoms with Crippen LogP contribution in [0.1, 0.15) is 20.8 Å². The molecule has 0 aliphatic carbocycles. The van der Waals surface area contributed by atoms with Crippen LogP contribution < -0.4 is 4.74 Å². The second-order valence-corrected chi connectivity index (χ2v) is 4.13. The number of aromatic nitrogens is 3. The van der Waals surface area contributed by atoms with Crippen LogP contribution in [-0.2, 0) is 0 Å². The highest BCUT2D eigenvalue weighted by Crippen LogP contribution is 2.21. The molecule has 0 unspecified atom stereocenters. The molecule has 0 radical (unpaired) electrons. The second-order valence-electron chi connectivity index (χ2n) is 4.13. The number of nitrogens with zero attached hydrogens (tertiary/aromatic N) is 3. The number of fused-ring (bicyclic) bond motifs is 1. The fourth-order valence-electron chi connectivity index (χ4n) is 1.24. The Morgan fingerprint density at radius 3 is 2.86 bits per heavy atom. The summed E-state index contributed by atoms with van der Waals surface area (Å²) in [7, 11) is 0. The Bertz CT molecular complexity index is 442. The van der Waals surface area contributed by atoms with Gasteiger partial charge in [-0.25, -0.2) is 9.50 Å². The van der Waals surface area contributed by atoms with Gasteiger partial charge in [-0.3, -0.25) is 0 Å². The number of hydrogen-bond donors (Lipinski definition) is 0.